The molecule has 1 aromatic heterocycles. The average Bonchev–Trinajstić information content (AvgIpc) is 3.27. The number of aryl methyl sites for hydroxylation is 1. The zero-order valence-electron chi connectivity index (χ0n) is 15.4. The summed E-state index contributed by atoms with van der Waals surface area (Å²) in [6.07, 6.45) is 1.63. The number of nitrogens with one attached hydrogen (secondary N) is 1. The summed E-state index contributed by atoms with van der Waals surface area (Å²) in [5.41, 5.74) is 1.60. The van der Waals surface area contributed by atoms with Crippen LogP contribution in [0.2, 0.25) is 0 Å². The average molecular weight is 385 g/mol. The number of carbonyl (C=O) groups is 2. The molecular weight excluding hydrogens is 360 g/mol. The van der Waals surface area contributed by atoms with Crippen LogP contribution in [0, 0.1) is 18.3 Å². The molecular formula is C21H24N2O3S. The molecule has 0 unspecified atom stereocenters. The molecule has 0 saturated carbocycles. The van der Waals surface area contributed by atoms with Crippen molar-refractivity contribution in [1.29, 1.82) is 0 Å². The topological polar surface area (TPSA) is 58.6 Å². The van der Waals surface area contributed by atoms with Crippen LogP contribution in [0.3, 0.4) is 0 Å². The minimum absolute atomic E-state index is 0.00121. The van der Waals surface area contributed by atoms with Crippen molar-refractivity contribution in [2.45, 2.75) is 19.8 Å². The molecule has 1 N–H and O–H groups in total. The molecule has 1 spiro atoms. The number of hydrogen-bond acceptors (Lipinski definition) is 4. The first-order chi connectivity index (χ1) is 13.1. The number of nitrogens with zero attached hydrogens (tertiary/aromatic N) is 1. The van der Waals surface area contributed by atoms with Crippen LogP contribution >= 0.6 is 11.3 Å². The molecule has 0 radical (unpaired) electrons. The van der Waals surface area contributed by atoms with E-state index >= 15 is 0 Å². The molecule has 142 valence electrons. The summed E-state index contributed by atoms with van der Waals surface area (Å²) >= 11 is 1.48. The van der Waals surface area contributed by atoms with E-state index < -0.39 is 0 Å². The first kappa shape index (κ1) is 18.2. The minimum atomic E-state index is -0.217. The second kappa shape index (κ2) is 7.44. The quantitative estimate of drug-likeness (QED) is 0.880. The molecule has 2 aliphatic heterocycles. The van der Waals surface area contributed by atoms with Crippen molar-refractivity contribution in [1.82, 2.24) is 4.90 Å². The predicted octanol–water partition coefficient (Wildman–Crippen LogP) is 3.56. The maximum atomic E-state index is 13.1. The maximum Gasteiger partial charge on any atom is 0.264 e. The molecule has 0 aliphatic carbocycles. The SMILES string of the molecule is Cc1ccsc1C(=O)N1C[C@@H](C(=O)Nc2ccccc2)C2(CCOCC2)C1. The number of anilines is 1. The Bertz CT molecular complexity index is 827. The second-order valence-electron chi connectivity index (χ2n) is 7.50. The molecule has 2 saturated heterocycles. The van der Waals surface area contributed by atoms with E-state index in [1.54, 1.807) is 0 Å². The summed E-state index contributed by atoms with van der Waals surface area (Å²) in [7, 11) is 0. The lowest BCUT2D eigenvalue weighted by molar-refractivity contribution is -0.124. The van der Waals surface area contributed by atoms with Crippen molar-refractivity contribution >= 4 is 28.8 Å². The zero-order chi connectivity index (χ0) is 18.9. The number of rotatable bonds is 3. The Morgan fingerprint density at radius 2 is 1.93 bits per heavy atom. The van der Waals surface area contributed by atoms with Gasteiger partial charge in [-0.25, -0.2) is 0 Å². The van der Waals surface area contributed by atoms with Crippen molar-refractivity contribution in [3.05, 3.63) is 52.2 Å². The Hall–Kier alpha value is -2.18. The number of hydrogen-bond donors (Lipinski definition) is 1. The highest BCUT2D eigenvalue weighted by Crippen LogP contribution is 2.45. The fraction of sp³-hybridized carbons (Fsp3) is 0.429. The van der Waals surface area contributed by atoms with E-state index in [1.165, 1.54) is 11.3 Å². The Morgan fingerprint density at radius 3 is 2.59 bits per heavy atom. The lowest BCUT2D eigenvalue weighted by atomic mass is 9.71. The largest absolute Gasteiger partial charge is 0.381 e. The molecule has 0 bridgehead atoms. The van der Waals surface area contributed by atoms with Gasteiger partial charge in [-0.1, -0.05) is 18.2 Å². The third-order valence-electron chi connectivity index (χ3n) is 5.84. The van der Waals surface area contributed by atoms with Crippen LogP contribution in [0.4, 0.5) is 5.69 Å². The van der Waals surface area contributed by atoms with E-state index in [4.69, 9.17) is 4.74 Å². The first-order valence-corrected chi connectivity index (χ1v) is 10.2. The van der Waals surface area contributed by atoms with Gasteiger partial charge >= 0.3 is 0 Å². The van der Waals surface area contributed by atoms with Gasteiger partial charge < -0.3 is 15.0 Å². The third-order valence-corrected chi connectivity index (χ3v) is 6.84. The Kier molecular flexibility index (Phi) is 5.02. The number of benzene rings is 1. The Labute approximate surface area is 163 Å². The van der Waals surface area contributed by atoms with Crippen LogP contribution in [0.5, 0.6) is 0 Å². The summed E-state index contributed by atoms with van der Waals surface area (Å²) in [6.45, 7) is 4.35. The van der Waals surface area contributed by atoms with E-state index in [2.05, 4.69) is 5.32 Å². The van der Waals surface area contributed by atoms with Crippen molar-refractivity contribution in [3.63, 3.8) is 0 Å². The lowest BCUT2D eigenvalue weighted by Crippen LogP contribution is -2.42. The van der Waals surface area contributed by atoms with Gasteiger partial charge in [0, 0.05) is 37.4 Å². The summed E-state index contributed by atoms with van der Waals surface area (Å²) in [5.74, 6) is -0.171. The lowest BCUT2D eigenvalue weighted by Gasteiger charge is -2.37. The van der Waals surface area contributed by atoms with Gasteiger partial charge in [-0.15, -0.1) is 11.3 Å². The summed E-state index contributed by atoms with van der Waals surface area (Å²) < 4.78 is 5.56. The number of likely N-dealkylation sites (tertiary alicyclic amines) is 1. The molecule has 2 aromatic rings. The Balaban J connectivity index is 1.57. The van der Waals surface area contributed by atoms with Crippen molar-refractivity contribution < 1.29 is 14.3 Å². The summed E-state index contributed by atoms with van der Waals surface area (Å²) in [6, 6.07) is 11.5. The second-order valence-corrected chi connectivity index (χ2v) is 8.42. The highest BCUT2D eigenvalue weighted by molar-refractivity contribution is 7.12. The Morgan fingerprint density at radius 1 is 1.19 bits per heavy atom. The molecule has 2 fully saturated rings. The smallest absolute Gasteiger partial charge is 0.264 e. The van der Waals surface area contributed by atoms with Crippen molar-refractivity contribution in [2.75, 3.05) is 31.6 Å². The highest BCUT2D eigenvalue weighted by atomic mass is 32.1. The van der Waals surface area contributed by atoms with Crippen LogP contribution in [0.25, 0.3) is 0 Å². The van der Waals surface area contributed by atoms with Crippen LogP contribution in [0.15, 0.2) is 41.8 Å². The van der Waals surface area contributed by atoms with Crippen LogP contribution in [0.1, 0.15) is 28.1 Å². The fourth-order valence-corrected chi connectivity index (χ4v) is 5.15. The van der Waals surface area contributed by atoms with Gasteiger partial charge in [0.2, 0.25) is 5.91 Å². The van der Waals surface area contributed by atoms with Gasteiger partial charge in [0.05, 0.1) is 10.8 Å². The van der Waals surface area contributed by atoms with E-state index in [9.17, 15) is 9.59 Å². The number of thiophene rings is 1. The fourth-order valence-electron chi connectivity index (χ4n) is 4.26. The van der Waals surface area contributed by atoms with Crippen LogP contribution < -0.4 is 5.32 Å². The minimum Gasteiger partial charge on any atom is -0.381 e. The number of carbonyl (C=O) groups excluding carboxylic acids is 2. The van der Waals surface area contributed by atoms with Gasteiger partial charge in [-0.2, -0.15) is 0 Å². The standard InChI is InChI=1S/C21H24N2O3S/c1-15-7-12-27-18(15)20(25)23-13-17(21(14-23)8-10-26-11-9-21)19(24)22-16-5-3-2-4-6-16/h2-7,12,17H,8-11,13-14H2,1H3,(H,22,24)/t17-/m0/s1. The molecule has 1 aromatic carbocycles. The summed E-state index contributed by atoms with van der Waals surface area (Å²) in [5, 5.41) is 4.99. The monoisotopic (exact) mass is 384 g/mol. The number of para-hydroxylation sites is 1. The molecule has 27 heavy (non-hydrogen) atoms. The van der Waals surface area contributed by atoms with Crippen LogP contribution in [-0.2, 0) is 9.53 Å². The zero-order valence-corrected chi connectivity index (χ0v) is 16.3. The third kappa shape index (κ3) is 3.51. The van der Waals surface area contributed by atoms with E-state index in [1.807, 2.05) is 53.6 Å². The van der Waals surface area contributed by atoms with Gasteiger partial charge in [-0.05, 0) is 48.9 Å². The molecule has 2 amide bonds. The van der Waals surface area contributed by atoms with Gasteiger partial charge in [0.15, 0.2) is 0 Å². The predicted molar refractivity (Wildman–Crippen MR) is 106 cm³/mol. The molecule has 5 nitrogen and oxygen atoms in total. The van der Waals surface area contributed by atoms with E-state index in [-0.39, 0.29) is 23.1 Å². The molecule has 3 heterocycles. The first-order valence-electron chi connectivity index (χ1n) is 9.36. The number of ether oxygens (including phenoxy) is 1. The molecule has 1 atom stereocenters. The molecule has 2 aliphatic rings. The van der Waals surface area contributed by atoms with Gasteiger partial charge in [0.1, 0.15) is 0 Å². The highest BCUT2D eigenvalue weighted by Gasteiger charge is 2.52. The van der Waals surface area contributed by atoms with Crippen molar-refractivity contribution in [2.24, 2.45) is 11.3 Å². The van der Waals surface area contributed by atoms with Gasteiger partial charge in [-0.3, -0.25) is 9.59 Å². The molecule has 6 heteroatoms. The maximum absolute atomic E-state index is 13.1. The van der Waals surface area contributed by atoms with Gasteiger partial charge in [0.25, 0.3) is 5.91 Å². The van der Waals surface area contributed by atoms with E-state index in [0.29, 0.717) is 26.3 Å². The van der Waals surface area contributed by atoms with E-state index in [0.717, 1.165) is 29.0 Å². The number of amides is 2. The normalized spacial score (nSPS) is 21.4. The van der Waals surface area contributed by atoms with Crippen LogP contribution in [-0.4, -0.2) is 43.0 Å². The van der Waals surface area contributed by atoms with Crippen molar-refractivity contribution in [3.8, 4) is 0 Å². The molecule has 4 rings (SSSR count). The summed E-state index contributed by atoms with van der Waals surface area (Å²) in [4.78, 5) is 28.8.